The summed E-state index contributed by atoms with van der Waals surface area (Å²) in [6.07, 6.45) is 4.28. The molecule has 2 aromatic rings. The molecule has 0 aliphatic heterocycles. The van der Waals surface area contributed by atoms with Gasteiger partial charge in [0.25, 0.3) is 0 Å². The van der Waals surface area contributed by atoms with E-state index in [-0.39, 0.29) is 5.91 Å². The van der Waals surface area contributed by atoms with Gasteiger partial charge in [-0.1, -0.05) is 6.92 Å². The molecule has 0 spiro atoms. The Morgan fingerprint density at radius 1 is 1.41 bits per heavy atom. The quantitative estimate of drug-likeness (QED) is 0.850. The molecule has 2 rings (SSSR count). The highest BCUT2D eigenvalue weighted by Crippen LogP contribution is 2.37. The molecule has 1 aromatic heterocycles. The SMILES string of the molecule is CCCNC(=O)/C=C(\C)c1cc2c(C)coc2c(C)c1OC. The summed E-state index contributed by atoms with van der Waals surface area (Å²) in [6.45, 7) is 8.61. The minimum atomic E-state index is -0.0805. The highest BCUT2D eigenvalue weighted by Gasteiger charge is 2.16. The molecular formula is C18H23NO3. The van der Waals surface area contributed by atoms with Gasteiger partial charge in [0, 0.05) is 29.1 Å². The van der Waals surface area contributed by atoms with Crippen LogP contribution in [-0.2, 0) is 4.79 Å². The van der Waals surface area contributed by atoms with Crippen LogP contribution in [0.4, 0.5) is 0 Å². The summed E-state index contributed by atoms with van der Waals surface area (Å²) in [6, 6.07) is 2.03. The van der Waals surface area contributed by atoms with E-state index in [1.54, 1.807) is 19.4 Å². The fourth-order valence-electron chi connectivity index (χ4n) is 2.57. The van der Waals surface area contributed by atoms with Gasteiger partial charge in [0.15, 0.2) is 0 Å². The summed E-state index contributed by atoms with van der Waals surface area (Å²) in [5.74, 6) is 0.668. The van der Waals surface area contributed by atoms with Gasteiger partial charge in [-0.25, -0.2) is 0 Å². The van der Waals surface area contributed by atoms with Crippen LogP contribution in [0.3, 0.4) is 0 Å². The van der Waals surface area contributed by atoms with Crippen LogP contribution in [0, 0.1) is 13.8 Å². The Balaban J connectivity index is 2.51. The molecule has 0 saturated carbocycles. The standard InChI is InChI=1S/C18H23NO3/c1-6-7-19-16(20)8-11(2)14-9-15-12(3)10-22-18(15)13(4)17(14)21-5/h8-10H,6-7H2,1-5H3,(H,19,20)/b11-8+. The predicted octanol–water partition coefficient (Wildman–Crippen LogP) is 3.99. The van der Waals surface area contributed by atoms with Crippen LogP contribution in [-0.4, -0.2) is 19.6 Å². The van der Waals surface area contributed by atoms with Crippen molar-refractivity contribution >= 4 is 22.4 Å². The van der Waals surface area contributed by atoms with E-state index in [4.69, 9.17) is 9.15 Å². The summed E-state index contributed by atoms with van der Waals surface area (Å²) < 4.78 is 11.2. The maximum Gasteiger partial charge on any atom is 0.244 e. The molecular weight excluding hydrogens is 278 g/mol. The Hall–Kier alpha value is -2.23. The van der Waals surface area contributed by atoms with Crippen LogP contribution in [0.15, 0.2) is 22.8 Å². The number of nitrogens with one attached hydrogen (secondary N) is 1. The number of carbonyl (C=O) groups is 1. The maximum atomic E-state index is 11.9. The van der Waals surface area contributed by atoms with Gasteiger partial charge in [-0.3, -0.25) is 4.79 Å². The summed E-state index contributed by atoms with van der Waals surface area (Å²) in [5, 5.41) is 3.90. The van der Waals surface area contributed by atoms with Gasteiger partial charge in [-0.2, -0.15) is 0 Å². The Bertz CT molecular complexity index is 725. The van der Waals surface area contributed by atoms with Gasteiger partial charge in [0.2, 0.25) is 5.91 Å². The first-order valence-electron chi connectivity index (χ1n) is 7.51. The molecule has 4 heteroatoms. The zero-order chi connectivity index (χ0) is 16.3. The average Bonchev–Trinajstić information content (AvgIpc) is 2.86. The van der Waals surface area contributed by atoms with E-state index in [0.717, 1.165) is 45.4 Å². The highest BCUT2D eigenvalue weighted by atomic mass is 16.5. The van der Waals surface area contributed by atoms with Crippen molar-refractivity contribution in [2.75, 3.05) is 13.7 Å². The number of methoxy groups -OCH3 is 1. The molecule has 0 radical (unpaired) electrons. The Labute approximate surface area is 131 Å². The number of furan rings is 1. The van der Waals surface area contributed by atoms with Crippen LogP contribution < -0.4 is 10.1 Å². The van der Waals surface area contributed by atoms with Gasteiger partial charge < -0.3 is 14.5 Å². The minimum Gasteiger partial charge on any atom is -0.496 e. The molecule has 0 bridgehead atoms. The topological polar surface area (TPSA) is 51.5 Å². The normalized spacial score (nSPS) is 11.8. The molecule has 0 fully saturated rings. The fourth-order valence-corrected chi connectivity index (χ4v) is 2.57. The Kier molecular flexibility index (Phi) is 4.91. The van der Waals surface area contributed by atoms with E-state index in [1.807, 2.05) is 33.8 Å². The lowest BCUT2D eigenvalue weighted by Gasteiger charge is -2.13. The summed E-state index contributed by atoms with van der Waals surface area (Å²) >= 11 is 0. The van der Waals surface area contributed by atoms with Gasteiger partial charge >= 0.3 is 0 Å². The largest absolute Gasteiger partial charge is 0.496 e. The molecule has 0 aliphatic rings. The first-order chi connectivity index (χ1) is 10.5. The number of amides is 1. The van der Waals surface area contributed by atoms with Crippen LogP contribution >= 0.6 is 0 Å². The predicted molar refractivity (Wildman–Crippen MR) is 89.2 cm³/mol. The number of rotatable bonds is 5. The third kappa shape index (κ3) is 3.01. The van der Waals surface area contributed by atoms with E-state index >= 15 is 0 Å². The number of hydrogen-bond donors (Lipinski definition) is 1. The van der Waals surface area contributed by atoms with Crippen LogP contribution in [0.25, 0.3) is 16.5 Å². The number of ether oxygens (including phenoxy) is 1. The first-order valence-corrected chi connectivity index (χ1v) is 7.51. The zero-order valence-electron chi connectivity index (χ0n) is 13.9. The van der Waals surface area contributed by atoms with Crippen molar-refractivity contribution in [2.45, 2.75) is 34.1 Å². The molecule has 4 nitrogen and oxygen atoms in total. The number of allylic oxidation sites excluding steroid dienone is 1. The summed E-state index contributed by atoms with van der Waals surface area (Å²) in [7, 11) is 1.64. The van der Waals surface area contributed by atoms with E-state index in [1.165, 1.54) is 0 Å². The lowest BCUT2D eigenvalue weighted by molar-refractivity contribution is -0.116. The molecule has 1 N–H and O–H groups in total. The van der Waals surface area contributed by atoms with Crippen molar-refractivity contribution in [3.05, 3.63) is 35.1 Å². The molecule has 0 saturated heterocycles. The molecule has 0 unspecified atom stereocenters. The van der Waals surface area contributed by atoms with E-state index < -0.39 is 0 Å². The highest BCUT2D eigenvalue weighted by molar-refractivity contribution is 5.98. The molecule has 1 heterocycles. The number of benzene rings is 1. The number of fused-ring (bicyclic) bond motifs is 1. The van der Waals surface area contributed by atoms with Crippen molar-refractivity contribution in [1.29, 1.82) is 0 Å². The molecule has 22 heavy (non-hydrogen) atoms. The minimum absolute atomic E-state index is 0.0805. The lowest BCUT2D eigenvalue weighted by Crippen LogP contribution is -2.21. The fraction of sp³-hybridized carbons (Fsp3) is 0.389. The molecule has 1 aromatic carbocycles. The Morgan fingerprint density at radius 3 is 2.77 bits per heavy atom. The van der Waals surface area contributed by atoms with Crippen molar-refractivity contribution in [3.63, 3.8) is 0 Å². The van der Waals surface area contributed by atoms with Crippen molar-refractivity contribution < 1.29 is 13.9 Å². The van der Waals surface area contributed by atoms with Crippen LogP contribution in [0.5, 0.6) is 5.75 Å². The molecule has 0 aliphatic carbocycles. The second-order valence-electron chi connectivity index (χ2n) is 5.50. The third-order valence-electron chi connectivity index (χ3n) is 3.76. The first kappa shape index (κ1) is 16.1. The van der Waals surface area contributed by atoms with Crippen LogP contribution in [0.2, 0.25) is 0 Å². The lowest BCUT2D eigenvalue weighted by atomic mass is 9.98. The second kappa shape index (κ2) is 6.69. The van der Waals surface area contributed by atoms with Gasteiger partial charge in [0.05, 0.1) is 13.4 Å². The maximum absolute atomic E-state index is 11.9. The number of carbonyl (C=O) groups excluding carboxylic acids is 1. The third-order valence-corrected chi connectivity index (χ3v) is 3.76. The Morgan fingerprint density at radius 2 is 2.14 bits per heavy atom. The van der Waals surface area contributed by atoms with Crippen molar-refractivity contribution in [3.8, 4) is 5.75 Å². The van der Waals surface area contributed by atoms with Gasteiger partial charge in [0.1, 0.15) is 11.3 Å². The molecule has 1 amide bonds. The second-order valence-corrected chi connectivity index (χ2v) is 5.50. The van der Waals surface area contributed by atoms with Gasteiger partial charge in [-0.05, 0) is 44.4 Å². The van der Waals surface area contributed by atoms with Crippen molar-refractivity contribution in [1.82, 2.24) is 5.32 Å². The summed E-state index contributed by atoms with van der Waals surface area (Å²) in [4.78, 5) is 11.9. The molecule has 0 atom stereocenters. The van der Waals surface area contributed by atoms with E-state index in [9.17, 15) is 4.79 Å². The van der Waals surface area contributed by atoms with Gasteiger partial charge in [-0.15, -0.1) is 0 Å². The van der Waals surface area contributed by atoms with E-state index in [0.29, 0.717) is 6.54 Å². The van der Waals surface area contributed by atoms with E-state index in [2.05, 4.69) is 5.32 Å². The smallest absolute Gasteiger partial charge is 0.244 e. The zero-order valence-corrected chi connectivity index (χ0v) is 13.9. The summed E-state index contributed by atoms with van der Waals surface area (Å²) in [5.41, 5.74) is 4.65. The van der Waals surface area contributed by atoms with Crippen molar-refractivity contribution in [2.24, 2.45) is 0 Å². The molecule has 118 valence electrons. The van der Waals surface area contributed by atoms with Crippen LogP contribution in [0.1, 0.15) is 37.0 Å². The number of aryl methyl sites for hydroxylation is 2. The monoisotopic (exact) mass is 301 g/mol. The average molecular weight is 301 g/mol. The number of hydrogen-bond acceptors (Lipinski definition) is 3.